The van der Waals surface area contributed by atoms with Gasteiger partial charge >= 0.3 is 11.9 Å². The van der Waals surface area contributed by atoms with E-state index in [0.717, 1.165) is 0 Å². The predicted molar refractivity (Wildman–Crippen MR) is 45.8 cm³/mol. The monoisotopic (exact) mass is 199 g/mol. The molecule has 6 nitrogen and oxygen atoms in total. The van der Waals surface area contributed by atoms with E-state index in [1.165, 1.54) is 6.20 Å². The molecule has 0 aromatic carbocycles. The lowest BCUT2D eigenvalue weighted by Gasteiger charge is -1.81. The molecule has 14 heavy (non-hydrogen) atoms. The highest BCUT2D eigenvalue weighted by molar-refractivity contribution is 5.88. The van der Waals surface area contributed by atoms with E-state index in [2.05, 4.69) is 4.98 Å². The maximum Gasteiger partial charge on any atom is 0.314 e. The summed E-state index contributed by atoms with van der Waals surface area (Å²) in [5.74, 6) is -2.41. The highest BCUT2D eigenvalue weighted by atomic mass is 16.4. The number of pyridine rings is 1. The maximum absolute atomic E-state index is 9.43. The first-order valence-corrected chi connectivity index (χ1v) is 3.55. The molecule has 0 fully saturated rings. The van der Waals surface area contributed by atoms with Crippen molar-refractivity contribution in [3.8, 4) is 5.75 Å². The quantitative estimate of drug-likeness (QED) is 0.592. The lowest BCUT2D eigenvalue weighted by atomic mass is 10.5. The van der Waals surface area contributed by atoms with E-state index < -0.39 is 18.4 Å². The van der Waals surface area contributed by atoms with Gasteiger partial charge in [0.2, 0.25) is 0 Å². The second kappa shape index (κ2) is 6.41. The van der Waals surface area contributed by atoms with Crippen molar-refractivity contribution in [3.05, 3.63) is 24.5 Å². The third-order valence-electron chi connectivity index (χ3n) is 0.948. The van der Waals surface area contributed by atoms with Crippen LogP contribution in [0.3, 0.4) is 0 Å². The van der Waals surface area contributed by atoms with Gasteiger partial charge in [-0.1, -0.05) is 0 Å². The average Bonchev–Trinajstić information content (AvgIpc) is 2.03. The van der Waals surface area contributed by atoms with Gasteiger partial charge in [0.25, 0.3) is 0 Å². The van der Waals surface area contributed by atoms with Gasteiger partial charge in [0.05, 0.1) is 6.20 Å². The van der Waals surface area contributed by atoms with Crippen molar-refractivity contribution < 1.29 is 24.9 Å². The Morgan fingerprint density at radius 1 is 1.29 bits per heavy atom. The van der Waals surface area contributed by atoms with Crippen LogP contribution in [-0.4, -0.2) is 32.2 Å². The Hall–Kier alpha value is -2.11. The minimum absolute atomic E-state index is 0.211. The van der Waals surface area contributed by atoms with E-state index in [1.807, 2.05) is 0 Å². The molecule has 0 saturated heterocycles. The molecule has 0 spiro atoms. The Kier molecular flexibility index (Phi) is 5.44. The second-order valence-electron chi connectivity index (χ2n) is 2.18. The smallest absolute Gasteiger partial charge is 0.314 e. The van der Waals surface area contributed by atoms with Crippen molar-refractivity contribution in [1.82, 2.24) is 4.98 Å². The van der Waals surface area contributed by atoms with Crippen LogP contribution < -0.4 is 0 Å². The van der Waals surface area contributed by atoms with Gasteiger partial charge in [0, 0.05) is 6.20 Å². The van der Waals surface area contributed by atoms with Gasteiger partial charge in [-0.3, -0.25) is 14.6 Å². The summed E-state index contributed by atoms with van der Waals surface area (Å²) in [5.41, 5.74) is 0. The molecule has 0 radical (unpaired) electrons. The summed E-state index contributed by atoms with van der Waals surface area (Å²) in [5, 5.41) is 24.0. The molecular formula is C8H9NO5. The highest BCUT2D eigenvalue weighted by Gasteiger charge is 2.01. The summed E-state index contributed by atoms with van der Waals surface area (Å²) < 4.78 is 0. The van der Waals surface area contributed by atoms with Gasteiger partial charge in [-0.15, -0.1) is 0 Å². The van der Waals surface area contributed by atoms with Crippen LogP contribution in [0.5, 0.6) is 5.75 Å². The third kappa shape index (κ3) is 7.99. The largest absolute Gasteiger partial charge is 0.506 e. The van der Waals surface area contributed by atoms with Crippen molar-refractivity contribution in [2.75, 3.05) is 0 Å². The number of carboxylic acids is 2. The van der Waals surface area contributed by atoms with Gasteiger partial charge < -0.3 is 15.3 Å². The van der Waals surface area contributed by atoms with Crippen LogP contribution >= 0.6 is 0 Å². The molecule has 6 heteroatoms. The topological polar surface area (TPSA) is 108 Å². The number of aromatic nitrogens is 1. The van der Waals surface area contributed by atoms with E-state index in [4.69, 9.17) is 15.3 Å². The van der Waals surface area contributed by atoms with E-state index in [1.54, 1.807) is 18.3 Å². The zero-order valence-electron chi connectivity index (χ0n) is 7.12. The Bertz CT molecular complexity index is 286. The molecule has 0 atom stereocenters. The molecular weight excluding hydrogens is 190 g/mol. The summed E-state index contributed by atoms with van der Waals surface area (Å²) >= 11 is 0. The van der Waals surface area contributed by atoms with Crippen molar-refractivity contribution in [1.29, 1.82) is 0 Å². The molecule has 0 amide bonds. The van der Waals surface area contributed by atoms with E-state index in [9.17, 15) is 9.59 Å². The van der Waals surface area contributed by atoms with E-state index in [0.29, 0.717) is 0 Å². The van der Waals surface area contributed by atoms with Crippen molar-refractivity contribution in [2.45, 2.75) is 6.42 Å². The Morgan fingerprint density at radius 2 is 1.86 bits per heavy atom. The molecule has 1 aromatic heterocycles. The molecule has 1 rings (SSSR count). The number of hydrogen-bond acceptors (Lipinski definition) is 4. The lowest BCUT2D eigenvalue weighted by molar-refractivity contribution is -0.147. The minimum atomic E-state index is -1.31. The molecule has 0 saturated carbocycles. The molecule has 0 aliphatic heterocycles. The van der Waals surface area contributed by atoms with Crippen LogP contribution in [0, 0.1) is 0 Å². The van der Waals surface area contributed by atoms with Gasteiger partial charge in [0.15, 0.2) is 0 Å². The fourth-order valence-corrected chi connectivity index (χ4v) is 0.483. The second-order valence-corrected chi connectivity index (χ2v) is 2.18. The third-order valence-corrected chi connectivity index (χ3v) is 0.948. The number of aromatic hydroxyl groups is 1. The van der Waals surface area contributed by atoms with Crippen LogP contribution in [0.4, 0.5) is 0 Å². The van der Waals surface area contributed by atoms with Crippen LogP contribution in [0.25, 0.3) is 0 Å². The number of carbonyl (C=O) groups is 2. The molecule has 0 unspecified atom stereocenters. The molecule has 1 heterocycles. The fourth-order valence-electron chi connectivity index (χ4n) is 0.483. The van der Waals surface area contributed by atoms with Gasteiger partial charge in [-0.25, -0.2) is 0 Å². The zero-order chi connectivity index (χ0) is 11.0. The summed E-state index contributed by atoms with van der Waals surface area (Å²) in [7, 11) is 0. The first kappa shape index (κ1) is 11.9. The molecule has 3 N–H and O–H groups in total. The number of nitrogens with zero attached hydrogens (tertiary/aromatic N) is 1. The van der Waals surface area contributed by atoms with Crippen LogP contribution in [0.1, 0.15) is 6.42 Å². The predicted octanol–water partition coefficient (Wildman–Crippen LogP) is 0.333. The standard InChI is InChI=1S/C5H5NO.C3H4O4/c7-5-2-1-3-6-4-5;4-2(5)1-3(6)7/h1-4,7H;1H2,(H,4,5)(H,6,7). The Morgan fingerprint density at radius 3 is 2.00 bits per heavy atom. The Balaban J connectivity index is 0.000000241. The van der Waals surface area contributed by atoms with Crippen molar-refractivity contribution in [2.24, 2.45) is 0 Å². The summed E-state index contributed by atoms with van der Waals surface area (Å²) in [4.78, 5) is 22.5. The number of hydrogen-bond donors (Lipinski definition) is 3. The average molecular weight is 199 g/mol. The highest BCUT2D eigenvalue weighted by Crippen LogP contribution is 1.99. The molecule has 76 valence electrons. The number of aliphatic carboxylic acids is 2. The maximum atomic E-state index is 9.43. The number of carboxylic acid groups (broad SMARTS) is 2. The summed E-state index contributed by atoms with van der Waals surface area (Å²) in [6.45, 7) is 0. The van der Waals surface area contributed by atoms with Gasteiger partial charge in [-0.05, 0) is 12.1 Å². The first-order valence-electron chi connectivity index (χ1n) is 3.55. The lowest BCUT2D eigenvalue weighted by Crippen LogP contribution is -2.03. The summed E-state index contributed by atoms with van der Waals surface area (Å²) in [6.07, 6.45) is 2.19. The van der Waals surface area contributed by atoms with Gasteiger partial charge in [-0.2, -0.15) is 0 Å². The van der Waals surface area contributed by atoms with E-state index in [-0.39, 0.29) is 5.75 Å². The van der Waals surface area contributed by atoms with Gasteiger partial charge in [0.1, 0.15) is 12.2 Å². The first-order chi connectivity index (χ1) is 6.52. The van der Waals surface area contributed by atoms with Crippen LogP contribution in [0.15, 0.2) is 24.5 Å². The normalized spacial score (nSPS) is 8.29. The molecule has 0 aliphatic carbocycles. The SMILES string of the molecule is O=C(O)CC(=O)O.Oc1cccnc1. The van der Waals surface area contributed by atoms with Crippen LogP contribution in [0.2, 0.25) is 0 Å². The van der Waals surface area contributed by atoms with Crippen molar-refractivity contribution >= 4 is 11.9 Å². The van der Waals surface area contributed by atoms with Crippen molar-refractivity contribution in [3.63, 3.8) is 0 Å². The Labute approximate surface area is 79.5 Å². The summed E-state index contributed by atoms with van der Waals surface area (Å²) in [6, 6.07) is 3.25. The zero-order valence-corrected chi connectivity index (χ0v) is 7.12. The minimum Gasteiger partial charge on any atom is -0.506 e. The fraction of sp³-hybridized carbons (Fsp3) is 0.125. The molecule has 0 aliphatic rings. The van der Waals surface area contributed by atoms with Crippen LogP contribution in [-0.2, 0) is 9.59 Å². The molecule has 0 bridgehead atoms. The molecule has 1 aromatic rings. The van der Waals surface area contributed by atoms with E-state index >= 15 is 0 Å². The number of rotatable bonds is 2.